The van der Waals surface area contributed by atoms with Crippen molar-refractivity contribution in [2.45, 2.75) is 23.0 Å². The van der Waals surface area contributed by atoms with E-state index in [9.17, 15) is 31.1 Å². The molecule has 0 aliphatic heterocycles. The molecule has 0 saturated carbocycles. The van der Waals surface area contributed by atoms with Gasteiger partial charge in [0.2, 0.25) is 0 Å². The maximum atomic E-state index is 12.6. The Balaban J connectivity index is 3.18. The number of carbonyl (C=O) groups excluding carboxylic acids is 1. The molecule has 0 aliphatic carbocycles. The topological polar surface area (TPSA) is 17.1 Å². The lowest BCUT2D eigenvalue weighted by molar-refractivity contribution is -0.137. The first-order chi connectivity index (χ1) is 9.01. The Morgan fingerprint density at radius 1 is 1.10 bits per heavy atom. The van der Waals surface area contributed by atoms with E-state index in [-0.39, 0.29) is 5.56 Å². The smallest absolute Gasteiger partial charge is 0.298 e. The first-order valence-electron chi connectivity index (χ1n) is 5.06. The molecule has 0 radical (unpaired) electrons. The number of thioether (sulfide) groups is 1. The van der Waals surface area contributed by atoms with Crippen molar-refractivity contribution in [1.29, 1.82) is 0 Å². The lowest BCUT2D eigenvalue weighted by Crippen LogP contribution is -2.10. The molecule has 0 unspecified atom stereocenters. The summed E-state index contributed by atoms with van der Waals surface area (Å²) in [6, 6.07) is 1.94. The van der Waals surface area contributed by atoms with Gasteiger partial charge in [-0.2, -0.15) is 26.3 Å². The van der Waals surface area contributed by atoms with Gasteiger partial charge >= 0.3 is 11.7 Å². The van der Waals surface area contributed by atoms with Crippen molar-refractivity contribution in [3.05, 3.63) is 29.3 Å². The molecule has 1 rings (SSSR count). The van der Waals surface area contributed by atoms with Gasteiger partial charge in [0, 0.05) is 11.3 Å². The van der Waals surface area contributed by atoms with E-state index >= 15 is 0 Å². The summed E-state index contributed by atoms with van der Waals surface area (Å²) in [5.74, 6) is -0.994. The summed E-state index contributed by atoms with van der Waals surface area (Å²) in [7, 11) is 0. The Bertz CT molecular complexity index is 497. The fraction of sp³-hybridized carbons (Fsp3) is 0.364. The fourth-order valence-electron chi connectivity index (χ4n) is 1.39. The van der Waals surface area contributed by atoms with Crippen LogP contribution in [0.2, 0.25) is 0 Å². The molecule has 0 bridgehead atoms. The normalized spacial score (nSPS) is 12.6. The number of carbonyl (C=O) groups is 1. The molecule has 0 aliphatic rings. The van der Waals surface area contributed by atoms with Crippen LogP contribution in [0, 0.1) is 0 Å². The average molecular weight is 337 g/mol. The van der Waals surface area contributed by atoms with Gasteiger partial charge in [0.25, 0.3) is 0 Å². The van der Waals surface area contributed by atoms with E-state index in [0.717, 1.165) is 6.07 Å². The number of alkyl halides is 7. The standard InChI is InChI=1S/C11H7ClF6OS/c12-5-8(19)2-6-1-7(10(13,14)15)4-9(3-6)20-11(16,17)18/h1,3-4H,2,5H2. The third-order valence-electron chi connectivity index (χ3n) is 2.08. The molecule has 112 valence electrons. The molecule has 0 N–H and O–H groups in total. The number of hydrogen-bond acceptors (Lipinski definition) is 2. The van der Waals surface area contributed by atoms with Gasteiger partial charge in [0.05, 0.1) is 11.4 Å². The third kappa shape index (κ3) is 5.62. The Hall–Kier alpha value is -0.890. The van der Waals surface area contributed by atoms with Crippen molar-refractivity contribution < 1.29 is 31.1 Å². The number of ketones is 1. The molecule has 0 atom stereocenters. The fourth-order valence-corrected chi connectivity index (χ4v) is 2.15. The highest BCUT2D eigenvalue weighted by Crippen LogP contribution is 2.40. The lowest BCUT2D eigenvalue weighted by Gasteiger charge is -2.12. The van der Waals surface area contributed by atoms with Gasteiger partial charge in [-0.15, -0.1) is 11.6 Å². The minimum atomic E-state index is -4.79. The molecule has 0 spiro atoms. The SMILES string of the molecule is O=C(CCl)Cc1cc(SC(F)(F)F)cc(C(F)(F)F)c1. The largest absolute Gasteiger partial charge is 0.446 e. The molecule has 0 amide bonds. The van der Waals surface area contributed by atoms with E-state index in [1.54, 1.807) is 0 Å². The summed E-state index contributed by atoms with van der Waals surface area (Å²) in [4.78, 5) is 10.5. The predicted molar refractivity (Wildman–Crippen MR) is 62.8 cm³/mol. The van der Waals surface area contributed by atoms with Crippen LogP contribution in [-0.4, -0.2) is 17.2 Å². The van der Waals surface area contributed by atoms with Gasteiger partial charge in [-0.05, 0) is 35.5 Å². The van der Waals surface area contributed by atoms with E-state index < -0.39 is 52.0 Å². The van der Waals surface area contributed by atoms with Gasteiger partial charge in [-0.3, -0.25) is 4.79 Å². The zero-order valence-electron chi connectivity index (χ0n) is 9.61. The van der Waals surface area contributed by atoms with Crippen LogP contribution in [0.4, 0.5) is 26.3 Å². The van der Waals surface area contributed by atoms with Gasteiger partial charge in [-0.25, -0.2) is 0 Å². The highest BCUT2D eigenvalue weighted by molar-refractivity contribution is 8.00. The van der Waals surface area contributed by atoms with Crippen LogP contribution < -0.4 is 0 Å². The van der Waals surface area contributed by atoms with Crippen LogP contribution in [-0.2, 0) is 17.4 Å². The highest BCUT2D eigenvalue weighted by atomic mass is 35.5. The number of Topliss-reactive ketones (excluding diaryl/α,β-unsaturated/α-hetero) is 1. The minimum absolute atomic E-state index is 0.155. The molecule has 0 heterocycles. The minimum Gasteiger partial charge on any atom is -0.298 e. The van der Waals surface area contributed by atoms with Crippen molar-refractivity contribution in [3.63, 3.8) is 0 Å². The molecule has 20 heavy (non-hydrogen) atoms. The van der Waals surface area contributed by atoms with Crippen LogP contribution >= 0.6 is 23.4 Å². The maximum Gasteiger partial charge on any atom is 0.446 e. The van der Waals surface area contributed by atoms with E-state index in [1.807, 2.05) is 0 Å². The number of hydrogen-bond donors (Lipinski definition) is 0. The van der Waals surface area contributed by atoms with Crippen molar-refractivity contribution in [2.75, 3.05) is 5.88 Å². The van der Waals surface area contributed by atoms with E-state index in [1.165, 1.54) is 0 Å². The first-order valence-corrected chi connectivity index (χ1v) is 6.41. The van der Waals surface area contributed by atoms with Crippen LogP contribution in [0.3, 0.4) is 0 Å². The maximum absolute atomic E-state index is 12.6. The number of rotatable bonds is 4. The molecule has 1 aromatic rings. The Labute approximate surface area is 119 Å². The molecule has 9 heteroatoms. The second-order valence-corrected chi connectivity index (χ2v) is 5.17. The van der Waals surface area contributed by atoms with Crippen LogP contribution in [0.15, 0.2) is 23.1 Å². The second kappa shape index (κ2) is 6.26. The van der Waals surface area contributed by atoms with E-state index in [2.05, 4.69) is 0 Å². The summed E-state index contributed by atoms with van der Waals surface area (Å²) < 4.78 is 74.5. The Kier molecular flexibility index (Phi) is 5.37. The first kappa shape index (κ1) is 17.2. The monoisotopic (exact) mass is 336 g/mol. The molecule has 0 fully saturated rings. The number of benzene rings is 1. The van der Waals surface area contributed by atoms with Crippen molar-refractivity contribution in [1.82, 2.24) is 0 Å². The zero-order valence-corrected chi connectivity index (χ0v) is 11.2. The molecule has 1 nitrogen and oxygen atoms in total. The van der Waals surface area contributed by atoms with Gasteiger partial charge in [0.1, 0.15) is 0 Å². The van der Waals surface area contributed by atoms with Crippen molar-refractivity contribution >= 4 is 29.1 Å². The van der Waals surface area contributed by atoms with Crippen molar-refractivity contribution in [2.24, 2.45) is 0 Å². The summed E-state index contributed by atoms with van der Waals surface area (Å²) in [6.07, 6.45) is -5.24. The lowest BCUT2D eigenvalue weighted by atomic mass is 10.1. The van der Waals surface area contributed by atoms with E-state index in [4.69, 9.17) is 11.6 Å². The van der Waals surface area contributed by atoms with Crippen LogP contribution in [0.5, 0.6) is 0 Å². The molecular weight excluding hydrogens is 330 g/mol. The molecule has 1 aromatic carbocycles. The summed E-state index contributed by atoms with van der Waals surface area (Å²) in [6.45, 7) is 0. The average Bonchev–Trinajstić information content (AvgIpc) is 2.24. The molecule has 0 aromatic heterocycles. The van der Waals surface area contributed by atoms with Gasteiger partial charge < -0.3 is 0 Å². The Morgan fingerprint density at radius 2 is 1.70 bits per heavy atom. The predicted octanol–water partition coefficient (Wildman–Crippen LogP) is 4.67. The highest BCUT2D eigenvalue weighted by Gasteiger charge is 2.34. The van der Waals surface area contributed by atoms with Gasteiger partial charge in [0.15, 0.2) is 5.78 Å². The number of halogens is 7. The zero-order chi connectivity index (χ0) is 15.6. The van der Waals surface area contributed by atoms with E-state index in [0.29, 0.717) is 12.1 Å². The Morgan fingerprint density at radius 3 is 2.15 bits per heavy atom. The summed E-state index contributed by atoms with van der Waals surface area (Å²) in [5.41, 5.74) is -6.10. The third-order valence-corrected chi connectivity index (χ3v) is 3.08. The quantitative estimate of drug-likeness (QED) is 0.451. The molecular formula is C11H7ClF6OS. The van der Waals surface area contributed by atoms with Crippen LogP contribution in [0.25, 0.3) is 0 Å². The summed E-state index contributed by atoms with van der Waals surface area (Å²) >= 11 is 4.56. The van der Waals surface area contributed by atoms with Gasteiger partial charge in [-0.1, -0.05) is 0 Å². The second-order valence-electron chi connectivity index (χ2n) is 3.76. The molecule has 0 saturated heterocycles. The summed E-state index contributed by atoms with van der Waals surface area (Å²) in [5, 5.41) is 0. The van der Waals surface area contributed by atoms with Crippen LogP contribution in [0.1, 0.15) is 11.1 Å². The van der Waals surface area contributed by atoms with Crippen molar-refractivity contribution in [3.8, 4) is 0 Å².